The molecule has 1 saturated carbocycles. The Morgan fingerprint density at radius 2 is 2.12 bits per heavy atom. The maximum absolute atomic E-state index is 13.8. The molecular weight excluding hydrogens is 225 g/mol. The molecule has 3 heteroatoms. The lowest BCUT2D eigenvalue weighted by atomic mass is 9.75. The topological polar surface area (TPSA) is 26.0 Å². The van der Waals surface area contributed by atoms with Gasteiger partial charge in [0, 0.05) is 17.0 Å². The van der Waals surface area contributed by atoms with Gasteiger partial charge in [-0.3, -0.25) is 0 Å². The molecule has 0 aromatic heterocycles. The molecule has 1 aromatic carbocycles. The first-order chi connectivity index (χ1) is 7.58. The molecular formula is C13H17ClFN. The Morgan fingerprint density at radius 3 is 2.81 bits per heavy atom. The van der Waals surface area contributed by atoms with Crippen molar-refractivity contribution in [2.24, 2.45) is 11.7 Å². The summed E-state index contributed by atoms with van der Waals surface area (Å²) in [5.41, 5.74) is 6.81. The molecule has 1 nitrogen and oxygen atoms in total. The lowest BCUT2D eigenvalue weighted by Gasteiger charge is -2.33. The molecule has 0 saturated heterocycles. The van der Waals surface area contributed by atoms with Gasteiger partial charge < -0.3 is 5.73 Å². The van der Waals surface area contributed by atoms with Gasteiger partial charge in [-0.2, -0.15) is 0 Å². The molecule has 88 valence electrons. The first-order valence-corrected chi connectivity index (χ1v) is 6.16. The Kier molecular flexibility index (Phi) is 3.50. The monoisotopic (exact) mass is 241 g/mol. The summed E-state index contributed by atoms with van der Waals surface area (Å²) in [6, 6.07) is 4.97. The molecule has 3 atom stereocenters. The fraction of sp³-hybridized carbons (Fsp3) is 0.538. The van der Waals surface area contributed by atoms with Crippen molar-refractivity contribution in [2.45, 2.75) is 38.1 Å². The van der Waals surface area contributed by atoms with E-state index in [9.17, 15) is 4.39 Å². The van der Waals surface area contributed by atoms with Gasteiger partial charge in [0.05, 0.1) is 0 Å². The van der Waals surface area contributed by atoms with Gasteiger partial charge in [-0.25, -0.2) is 4.39 Å². The van der Waals surface area contributed by atoms with Crippen LogP contribution in [-0.2, 0) is 0 Å². The number of hydrogen-bond acceptors (Lipinski definition) is 1. The number of benzene rings is 1. The highest BCUT2D eigenvalue weighted by atomic mass is 35.5. The van der Waals surface area contributed by atoms with E-state index >= 15 is 0 Å². The smallest absolute Gasteiger partial charge is 0.128 e. The quantitative estimate of drug-likeness (QED) is 0.797. The highest BCUT2D eigenvalue weighted by Gasteiger charge is 2.28. The van der Waals surface area contributed by atoms with Crippen molar-refractivity contribution in [3.05, 3.63) is 34.6 Å². The molecule has 1 aliphatic rings. The lowest BCUT2D eigenvalue weighted by Crippen LogP contribution is -2.34. The largest absolute Gasteiger partial charge is 0.327 e. The van der Waals surface area contributed by atoms with Crippen LogP contribution in [0.15, 0.2) is 18.2 Å². The Morgan fingerprint density at radius 1 is 1.38 bits per heavy atom. The number of hydrogen-bond donors (Lipinski definition) is 1. The zero-order valence-electron chi connectivity index (χ0n) is 9.42. The molecule has 0 radical (unpaired) electrons. The van der Waals surface area contributed by atoms with E-state index < -0.39 is 0 Å². The van der Waals surface area contributed by atoms with E-state index in [-0.39, 0.29) is 17.8 Å². The minimum absolute atomic E-state index is 0.0758. The van der Waals surface area contributed by atoms with E-state index in [2.05, 4.69) is 6.92 Å². The second kappa shape index (κ2) is 4.72. The molecule has 0 amide bonds. The number of halogens is 2. The van der Waals surface area contributed by atoms with Crippen LogP contribution in [0.25, 0.3) is 0 Å². The normalized spacial score (nSPS) is 30.4. The van der Waals surface area contributed by atoms with Crippen LogP contribution in [0, 0.1) is 11.7 Å². The summed E-state index contributed by atoms with van der Waals surface area (Å²) in [6.45, 7) is 2.20. The standard InChI is InChI=1S/C13H17ClFN/c1-8-2-5-13(16)11(6-8)10-4-3-9(14)7-12(10)15/h3-4,7-8,11,13H,2,5-6,16H2,1H3. The second-order valence-corrected chi connectivity index (χ2v) is 5.29. The molecule has 0 bridgehead atoms. The molecule has 1 aromatic rings. The summed E-state index contributed by atoms with van der Waals surface area (Å²) in [5, 5.41) is 0.443. The van der Waals surface area contributed by atoms with E-state index in [4.69, 9.17) is 17.3 Å². The molecule has 2 rings (SSSR count). The number of rotatable bonds is 1. The van der Waals surface area contributed by atoms with Gasteiger partial charge in [0.2, 0.25) is 0 Å². The fourth-order valence-electron chi connectivity index (χ4n) is 2.56. The van der Waals surface area contributed by atoms with Crippen molar-refractivity contribution in [1.29, 1.82) is 0 Å². The van der Waals surface area contributed by atoms with Gasteiger partial charge in [-0.1, -0.05) is 24.6 Å². The summed E-state index contributed by atoms with van der Waals surface area (Å²) in [4.78, 5) is 0. The predicted molar refractivity (Wildman–Crippen MR) is 65.1 cm³/mol. The molecule has 2 N–H and O–H groups in total. The maximum atomic E-state index is 13.8. The van der Waals surface area contributed by atoms with Crippen molar-refractivity contribution < 1.29 is 4.39 Å². The van der Waals surface area contributed by atoms with Crippen molar-refractivity contribution >= 4 is 11.6 Å². The third-order valence-electron chi connectivity index (χ3n) is 3.53. The molecule has 3 unspecified atom stereocenters. The molecule has 0 heterocycles. The van der Waals surface area contributed by atoms with E-state index in [1.807, 2.05) is 0 Å². The zero-order valence-corrected chi connectivity index (χ0v) is 10.2. The summed E-state index contributed by atoms with van der Waals surface area (Å²) in [6.07, 6.45) is 3.10. The van der Waals surface area contributed by atoms with Crippen LogP contribution < -0.4 is 5.73 Å². The van der Waals surface area contributed by atoms with E-state index in [0.717, 1.165) is 24.8 Å². The van der Waals surface area contributed by atoms with Gasteiger partial charge in [0.15, 0.2) is 0 Å². The summed E-state index contributed by atoms with van der Waals surface area (Å²) in [7, 11) is 0. The summed E-state index contributed by atoms with van der Waals surface area (Å²) in [5.74, 6) is 0.544. The van der Waals surface area contributed by atoms with Gasteiger partial charge in [0.1, 0.15) is 5.82 Å². The lowest BCUT2D eigenvalue weighted by molar-refractivity contribution is 0.301. The van der Waals surface area contributed by atoms with Crippen molar-refractivity contribution in [1.82, 2.24) is 0 Å². The molecule has 0 aliphatic heterocycles. The first-order valence-electron chi connectivity index (χ1n) is 5.78. The molecule has 16 heavy (non-hydrogen) atoms. The van der Waals surface area contributed by atoms with Crippen LogP contribution in [-0.4, -0.2) is 6.04 Å². The van der Waals surface area contributed by atoms with E-state index in [1.54, 1.807) is 12.1 Å². The average molecular weight is 242 g/mol. The predicted octanol–water partition coefficient (Wildman–Crippen LogP) is 3.71. The third kappa shape index (κ3) is 2.38. The van der Waals surface area contributed by atoms with Crippen LogP contribution in [0.2, 0.25) is 5.02 Å². The van der Waals surface area contributed by atoms with Gasteiger partial charge in [-0.15, -0.1) is 0 Å². The summed E-state index contributed by atoms with van der Waals surface area (Å²) < 4.78 is 13.8. The van der Waals surface area contributed by atoms with Gasteiger partial charge in [0.25, 0.3) is 0 Å². The Bertz CT molecular complexity index is 380. The van der Waals surface area contributed by atoms with Crippen molar-refractivity contribution in [3.8, 4) is 0 Å². The van der Waals surface area contributed by atoms with Crippen LogP contribution in [0.1, 0.15) is 37.7 Å². The van der Waals surface area contributed by atoms with Gasteiger partial charge >= 0.3 is 0 Å². The second-order valence-electron chi connectivity index (χ2n) is 4.85. The average Bonchev–Trinajstić information content (AvgIpc) is 2.22. The van der Waals surface area contributed by atoms with Crippen molar-refractivity contribution in [2.75, 3.05) is 0 Å². The highest BCUT2D eigenvalue weighted by Crippen LogP contribution is 2.36. The Balaban J connectivity index is 2.28. The minimum atomic E-state index is -0.220. The Hall–Kier alpha value is -0.600. The van der Waals surface area contributed by atoms with Crippen LogP contribution in [0.5, 0.6) is 0 Å². The van der Waals surface area contributed by atoms with E-state index in [0.29, 0.717) is 10.9 Å². The van der Waals surface area contributed by atoms with Crippen molar-refractivity contribution in [3.63, 3.8) is 0 Å². The SMILES string of the molecule is CC1CCC(N)C(c2ccc(Cl)cc2F)C1. The highest BCUT2D eigenvalue weighted by molar-refractivity contribution is 6.30. The molecule has 1 fully saturated rings. The Labute approximate surface area is 101 Å². The summed E-state index contributed by atoms with van der Waals surface area (Å²) >= 11 is 5.75. The van der Waals surface area contributed by atoms with Gasteiger partial charge in [-0.05, 0) is 42.9 Å². The molecule has 1 aliphatic carbocycles. The van der Waals surface area contributed by atoms with E-state index in [1.165, 1.54) is 6.07 Å². The third-order valence-corrected chi connectivity index (χ3v) is 3.76. The van der Waals surface area contributed by atoms with Crippen LogP contribution >= 0.6 is 11.6 Å². The van der Waals surface area contributed by atoms with Crippen LogP contribution in [0.3, 0.4) is 0 Å². The minimum Gasteiger partial charge on any atom is -0.327 e. The fourth-order valence-corrected chi connectivity index (χ4v) is 2.72. The molecule has 0 spiro atoms. The van der Waals surface area contributed by atoms with Crippen LogP contribution in [0.4, 0.5) is 4.39 Å². The zero-order chi connectivity index (χ0) is 11.7. The number of nitrogens with two attached hydrogens (primary N) is 1. The first kappa shape index (κ1) is 11.9. The maximum Gasteiger partial charge on any atom is 0.128 e.